The maximum absolute atomic E-state index is 13.5. The molecular weight excluding hydrogens is 485 g/mol. The van der Waals surface area contributed by atoms with Crippen LogP contribution in [0.1, 0.15) is 39.9 Å². The summed E-state index contributed by atoms with van der Waals surface area (Å²) in [6.07, 6.45) is 0. The number of carbonyl (C=O) groups excluding carboxylic acids is 2. The fraction of sp³-hybridized carbons (Fsp3) is 0.143. The highest BCUT2D eigenvalue weighted by molar-refractivity contribution is 6.37. The molecule has 0 aromatic heterocycles. The van der Waals surface area contributed by atoms with E-state index < -0.39 is 11.9 Å². The lowest BCUT2D eigenvalue weighted by molar-refractivity contribution is -0.136. The van der Waals surface area contributed by atoms with Crippen LogP contribution >= 0.6 is 23.2 Å². The molecule has 5 rings (SSSR count). The van der Waals surface area contributed by atoms with Crippen LogP contribution in [0, 0.1) is 0 Å². The maximum atomic E-state index is 13.5. The third-order valence-corrected chi connectivity index (χ3v) is 6.80. The summed E-state index contributed by atoms with van der Waals surface area (Å²) in [7, 11) is 1.31. The number of dihydropyridines is 1. The Morgan fingerprint density at radius 3 is 2.26 bits per heavy atom. The van der Waals surface area contributed by atoms with E-state index in [1.165, 1.54) is 7.11 Å². The third kappa shape index (κ3) is 4.01. The fourth-order valence-corrected chi connectivity index (χ4v) is 5.27. The topological polar surface area (TPSA) is 64.6 Å². The van der Waals surface area contributed by atoms with Crippen LogP contribution in [0.25, 0.3) is 5.70 Å². The SMILES string of the molecule is COC(=O)C1=C(C)NC2=C(C(=O)c3ccccc32)[C@@H]1c1cc(Cl)c(OCc2ccccc2)c(Cl)c1. The van der Waals surface area contributed by atoms with Crippen molar-refractivity contribution in [3.63, 3.8) is 0 Å². The molecule has 1 aliphatic carbocycles. The average molecular weight is 506 g/mol. The molecule has 5 nitrogen and oxygen atoms in total. The van der Waals surface area contributed by atoms with Gasteiger partial charge in [-0.15, -0.1) is 0 Å². The highest BCUT2D eigenvalue weighted by Gasteiger charge is 2.43. The summed E-state index contributed by atoms with van der Waals surface area (Å²) >= 11 is 13.3. The maximum Gasteiger partial charge on any atom is 0.336 e. The second kappa shape index (κ2) is 9.25. The first-order valence-corrected chi connectivity index (χ1v) is 11.8. The van der Waals surface area contributed by atoms with Crippen molar-refractivity contribution in [1.82, 2.24) is 5.32 Å². The van der Waals surface area contributed by atoms with E-state index in [4.69, 9.17) is 32.7 Å². The molecular formula is C28H21Cl2NO4. The van der Waals surface area contributed by atoms with Gasteiger partial charge in [0.1, 0.15) is 6.61 Å². The summed E-state index contributed by atoms with van der Waals surface area (Å²) in [4.78, 5) is 26.4. The number of carbonyl (C=O) groups is 2. The van der Waals surface area contributed by atoms with Gasteiger partial charge in [-0.25, -0.2) is 4.79 Å². The van der Waals surface area contributed by atoms with Gasteiger partial charge in [0.2, 0.25) is 0 Å². The molecule has 0 saturated heterocycles. The highest BCUT2D eigenvalue weighted by atomic mass is 35.5. The summed E-state index contributed by atoms with van der Waals surface area (Å²) in [6, 6.07) is 20.4. The number of rotatable bonds is 5. The molecule has 2 aliphatic rings. The predicted molar refractivity (Wildman–Crippen MR) is 136 cm³/mol. The smallest absolute Gasteiger partial charge is 0.336 e. The van der Waals surface area contributed by atoms with E-state index in [1.807, 2.05) is 48.5 Å². The highest BCUT2D eigenvalue weighted by Crippen LogP contribution is 2.48. The molecule has 176 valence electrons. The van der Waals surface area contributed by atoms with Crippen molar-refractivity contribution in [1.29, 1.82) is 0 Å². The number of allylic oxidation sites excluding steroid dienone is 2. The van der Waals surface area contributed by atoms with Crippen molar-refractivity contribution in [3.8, 4) is 5.75 Å². The summed E-state index contributed by atoms with van der Waals surface area (Å²) in [5, 5.41) is 3.83. The van der Waals surface area contributed by atoms with Gasteiger partial charge >= 0.3 is 5.97 Å². The van der Waals surface area contributed by atoms with Crippen LogP contribution in [0.5, 0.6) is 5.75 Å². The van der Waals surface area contributed by atoms with Crippen molar-refractivity contribution in [2.75, 3.05) is 7.11 Å². The summed E-state index contributed by atoms with van der Waals surface area (Å²) in [5.41, 5.74) is 5.01. The van der Waals surface area contributed by atoms with Crippen molar-refractivity contribution in [3.05, 3.63) is 116 Å². The summed E-state index contributed by atoms with van der Waals surface area (Å²) in [6.45, 7) is 2.08. The second-order valence-electron chi connectivity index (χ2n) is 8.34. The number of benzene rings is 3. The van der Waals surface area contributed by atoms with Crippen molar-refractivity contribution in [2.24, 2.45) is 0 Å². The number of ether oxygens (including phenoxy) is 2. The number of fused-ring (bicyclic) bond motifs is 2. The molecule has 0 amide bonds. The molecule has 0 fully saturated rings. The van der Waals surface area contributed by atoms with Crippen molar-refractivity contribution < 1.29 is 19.1 Å². The number of halogens is 2. The standard InChI is InChI=1S/C28H21Cl2NO4/c1-15-22(28(33)34-2)23(24-25(31-15)18-10-6-7-11-19(18)26(24)32)17-12-20(29)27(21(30)13-17)35-14-16-8-4-3-5-9-16/h3-13,23,31H,14H2,1-2H3/t23-/m1/s1. The van der Waals surface area contributed by atoms with Crippen LogP contribution in [0.4, 0.5) is 0 Å². The van der Waals surface area contributed by atoms with Gasteiger partial charge in [0.25, 0.3) is 0 Å². The first-order valence-electron chi connectivity index (χ1n) is 11.0. The van der Waals surface area contributed by atoms with E-state index in [9.17, 15) is 9.59 Å². The normalized spacial score (nSPS) is 16.6. The van der Waals surface area contributed by atoms with E-state index in [2.05, 4.69) is 5.32 Å². The van der Waals surface area contributed by atoms with Gasteiger partial charge in [-0.2, -0.15) is 0 Å². The first kappa shape index (κ1) is 23.2. The zero-order valence-electron chi connectivity index (χ0n) is 19.0. The minimum atomic E-state index is -0.711. The van der Waals surface area contributed by atoms with Crippen molar-refractivity contribution in [2.45, 2.75) is 19.4 Å². The Balaban J connectivity index is 1.59. The number of hydrogen-bond donors (Lipinski definition) is 1. The molecule has 0 bridgehead atoms. The average Bonchev–Trinajstić information content (AvgIpc) is 3.14. The molecule has 0 unspecified atom stereocenters. The van der Waals surface area contributed by atoms with Gasteiger partial charge in [0, 0.05) is 28.3 Å². The molecule has 3 aromatic rings. The van der Waals surface area contributed by atoms with Crippen LogP contribution < -0.4 is 10.1 Å². The molecule has 1 heterocycles. The quantitative estimate of drug-likeness (QED) is 0.411. The number of esters is 1. The van der Waals surface area contributed by atoms with Gasteiger partial charge in [-0.05, 0) is 30.2 Å². The predicted octanol–water partition coefficient (Wildman–Crippen LogP) is 6.31. The third-order valence-electron chi connectivity index (χ3n) is 6.23. The monoisotopic (exact) mass is 505 g/mol. The lowest BCUT2D eigenvalue weighted by atomic mass is 9.80. The van der Waals surface area contributed by atoms with E-state index in [0.29, 0.717) is 46.0 Å². The molecule has 0 spiro atoms. The van der Waals surface area contributed by atoms with Crippen LogP contribution in [-0.4, -0.2) is 18.9 Å². The Hall–Kier alpha value is -3.54. The lowest BCUT2D eigenvalue weighted by Gasteiger charge is -2.29. The zero-order valence-corrected chi connectivity index (χ0v) is 20.5. The van der Waals surface area contributed by atoms with Crippen LogP contribution in [0.15, 0.2) is 83.6 Å². The second-order valence-corrected chi connectivity index (χ2v) is 9.15. The molecule has 1 N–H and O–H groups in total. The van der Waals surface area contributed by atoms with Gasteiger partial charge in [0.05, 0.1) is 28.4 Å². The number of Topliss-reactive ketones (excluding diaryl/α,β-unsaturated/α-hetero) is 1. The fourth-order valence-electron chi connectivity index (χ4n) is 4.66. The minimum absolute atomic E-state index is 0.154. The van der Waals surface area contributed by atoms with E-state index in [-0.39, 0.29) is 15.8 Å². The Kier molecular flexibility index (Phi) is 6.13. The Morgan fingerprint density at radius 2 is 1.60 bits per heavy atom. The first-order chi connectivity index (χ1) is 16.9. The van der Waals surface area contributed by atoms with Crippen LogP contribution in [0.2, 0.25) is 10.0 Å². The molecule has 1 atom stereocenters. The Bertz CT molecular complexity index is 1400. The molecule has 0 radical (unpaired) electrons. The van der Waals surface area contributed by atoms with Gasteiger partial charge < -0.3 is 14.8 Å². The lowest BCUT2D eigenvalue weighted by Crippen LogP contribution is -2.29. The number of nitrogens with one attached hydrogen (secondary N) is 1. The van der Waals surface area contributed by atoms with E-state index >= 15 is 0 Å². The van der Waals surface area contributed by atoms with Gasteiger partial charge in [0.15, 0.2) is 11.5 Å². The molecule has 7 heteroatoms. The Morgan fingerprint density at radius 1 is 0.971 bits per heavy atom. The minimum Gasteiger partial charge on any atom is -0.486 e. The van der Waals surface area contributed by atoms with Gasteiger partial charge in [-0.1, -0.05) is 77.8 Å². The van der Waals surface area contributed by atoms with Crippen LogP contribution in [-0.2, 0) is 16.1 Å². The summed E-state index contributed by atoms with van der Waals surface area (Å²) in [5.74, 6) is -1.06. The van der Waals surface area contributed by atoms with Crippen LogP contribution in [0.3, 0.4) is 0 Å². The van der Waals surface area contributed by atoms with Gasteiger partial charge in [-0.3, -0.25) is 4.79 Å². The number of ketones is 1. The Labute approximate surface area is 213 Å². The molecule has 0 saturated carbocycles. The van der Waals surface area contributed by atoms with E-state index in [1.54, 1.807) is 25.1 Å². The van der Waals surface area contributed by atoms with E-state index in [0.717, 1.165) is 11.1 Å². The molecule has 3 aromatic carbocycles. The zero-order chi connectivity index (χ0) is 24.7. The molecule has 35 heavy (non-hydrogen) atoms. The molecule has 1 aliphatic heterocycles. The van der Waals surface area contributed by atoms with Crippen molar-refractivity contribution >= 4 is 40.7 Å². The summed E-state index contributed by atoms with van der Waals surface area (Å²) < 4.78 is 11.0. The largest absolute Gasteiger partial charge is 0.486 e. The number of hydrogen-bond acceptors (Lipinski definition) is 5. The number of methoxy groups -OCH3 is 1.